The molecule has 0 spiro atoms. The van der Waals surface area contributed by atoms with E-state index in [1.807, 2.05) is 4.90 Å². The van der Waals surface area contributed by atoms with Crippen molar-refractivity contribution in [1.82, 2.24) is 24.9 Å². The van der Waals surface area contributed by atoms with E-state index in [-0.39, 0.29) is 30.5 Å². The number of rotatable bonds is 3. The summed E-state index contributed by atoms with van der Waals surface area (Å²) in [6, 6.07) is -0.468. The van der Waals surface area contributed by atoms with Crippen molar-refractivity contribution in [2.75, 3.05) is 33.7 Å². The number of hydrogen-bond acceptors (Lipinski definition) is 4. The molecule has 0 radical (unpaired) electrons. The van der Waals surface area contributed by atoms with Gasteiger partial charge in [0, 0.05) is 37.9 Å². The molecule has 0 saturated carbocycles. The largest absolute Gasteiger partial charge is 0.435 e. The van der Waals surface area contributed by atoms with Crippen LogP contribution in [0.15, 0.2) is 0 Å². The molecule has 7 nitrogen and oxygen atoms in total. The van der Waals surface area contributed by atoms with Gasteiger partial charge < -0.3 is 10.2 Å². The van der Waals surface area contributed by atoms with Crippen molar-refractivity contribution in [2.24, 2.45) is 0 Å². The molecule has 2 heterocycles. The first-order valence-corrected chi connectivity index (χ1v) is 9.07. The molecule has 0 bridgehead atoms. The third kappa shape index (κ3) is 3.95. The number of carbonyl (C=O) groups excluding carboxylic acids is 2. The molecule has 1 aliphatic heterocycles. The van der Waals surface area contributed by atoms with Gasteiger partial charge in [-0.2, -0.15) is 18.3 Å². The second kappa shape index (κ2) is 7.49. The Balaban J connectivity index is 1.78. The highest BCUT2D eigenvalue weighted by Gasteiger charge is 2.40. The van der Waals surface area contributed by atoms with Crippen molar-refractivity contribution in [1.29, 1.82) is 0 Å². The number of fused-ring (bicyclic) bond motifs is 1. The maximum Gasteiger partial charge on any atom is 0.435 e. The van der Waals surface area contributed by atoms with E-state index < -0.39 is 17.9 Å². The second-order valence-corrected chi connectivity index (χ2v) is 7.09. The maximum atomic E-state index is 13.3. The second-order valence-electron chi connectivity index (χ2n) is 7.09. The van der Waals surface area contributed by atoms with E-state index in [4.69, 9.17) is 0 Å². The van der Waals surface area contributed by atoms with E-state index in [1.165, 1.54) is 16.6 Å². The van der Waals surface area contributed by atoms with E-state index >= 15 is 0 Å². The minimum atomic E-state index is -4.52. The quantitative estimate of drug-likeness (QED) is 0.828. The summed E-state index contributed by atoms with van der Waals surface area (Å²) in [4.78, 5) is 28.1. The summed E-state index contributed by atoms with van der Waals surface area (Å²) in [7, 11) is 3.34. The van der Waals surface area contributed by atoms with Crippen LogP contribution in [0, 0.1) is 0 Å². The van der Waals surface area contributed by atoms with Gasteiger partial charge in [0.05, 0.1) is 0 Å². The molecule has 1 aliphatic carbocycles. The lowest BCUT2D eigenvalue weighted by Crippen LogP contribution is -2.58. The molecule has 10 heteroatoms. The number of aromatic nitrogens is 2. The van der Waals surface area contributed by atoms with Gasteiger partial charge in [-0.3, -0.25) is 19.2 Å². The zero-order chi connectivity index (χ0) is 19.8. The minimum absolute atomic E-state index is 0.189. The highest BCUT2D eigenvalue weighted by atomic mass is 19.4. The normalized spacial score (nSPS) is 21.1. The maximum absolute atomic E-state index is 13.3. The van der Waals surface area contributed by atoms with Crippen molar-refractivity contribution < 1.29 is 22.8 Å². The van der Waals surface area contributed by atoms with Gasteiger partial charge in [0.15, 0.2) is 5.69 Å². The van der Waals surface area contributed by atoms with Gasteiger partial charge in [-0.15, -0.1) is 0 Å². The molecular formula is C17H24F3N5O2. The van der Waals surface area contributed by atoms with E-state index in [9.17, 15) is 22.8 Å². The molecule has 3 rings (SSSR count). The lowest BCUT2D eigenvalue weighted by Gasteiger charge is -2.38. The van der Waals surface area contributed by atoms with Crippen LogP contribution in [-0.4, -0.2) is 71.2 Å². The number of likely N-dealkylation sites (N-methyl/N-ethyl adjacent to an activating group) is 2. The Morgan fingerprint density at radius 2 is 1.93 bits per heavy atom. The molecule has 1 fully saturated rings. The highest BCUT2D eigenvalue weighted by Crippen LogP contribution is 2.35. The smallest absolute Gasteiger partial charge is 0.358 e. The standard InChI is InChI=1S/C17H24F3N5O2/c1-21-16(27)13-9-24(8-7-23(13)2)14(26)10-25-12-6-4-3-5-11(12)15(22-25)17(18,19)20/h13H,3-10H2,1-2H3,(H,21,27)/t13-/m0/s1. The van der Waals surface area contributed by atoms with Gasteiger partial charge in [-0.1, -0.05) is 0 Å². The molecule has 2 aliphatic rings. The Kier molecular flexibility index (Phi) is 5.45. The van der Waals surface area contributed by atoms with E-state index in [0.717, 1.165) is 6.42 Å². The molecule has 2 amide bonds. The molecule has 1 saturated heterocycles. The Morgan fingerprint density at radius 1 is 1.22 bits per heavy atom. The third-order valence-corrected chi connectivity index (χ3v) is 5.36. The molecular weight excluding hydrogens is 363 g/mol. The number of halogens is 3. The topological polar surface area (TPSA) is 70.5 Å². The van der Waals surface area contributed by atoms with E-state index in [2.05, 4.69) is 10.4 Å². The third-order valence-electron chi connectivity index (χ3n) is 5.36. The van der Waals surface area contributed by atoms with Crippen molar-refractivity contribution in [3.63, 3.8) is 0 Å². The van der Waals surface area contributed by atoms with Gasteiger partial charge in [0.25, 0.3) is 0 Å². The first-order valence-electron chi connectivity index (χ1n) is 9.07. The van der Waals surface area contributed by atoms with Gasteiger partial charge in [-0.05, 0) is 32.7 Å². The van der Waals surface area contributed by atoms with Crippen LogP contribution in [0.4, 0.5) is 13.2 Å². The van der Waals surface area contributed by atoms with Crippen molar-refractivity contribution in [3.8, 4) is 0 Å². The van der Waals surface area contributed by atoms with E-state index in [0.29, 0.717) is 38.0 Å². The van der Waals surface area contributed by atoms with Crippen LogP contribution < -0.4 is 5.32 Å². The zero-order valence-electron chi connectivity index (χ0n) is 15.5. The lowest BCUT2D eigenvalue weighted by atomic mass is 9.95. The fraction of sp³-hybridized carbons (Fsp3) is 0.706. The fourth-order valence-corrected chi connectivity index (χ4v) is 3.81. The number of amides is 2. The van der Waals surface area contributed by atoms with Crippen LogP contribution in [0.1, 0.15) is 29.8 Å². The number of hydrogen-bond donors (Lipinski definition) is 1. The van der Waals surface area contributed by atoms with Gasteiger partial charge in [0.2, 0.25) is 11.8 Å². The number of piperazine rings is 1. The van der Waals surface area contributed by atoms with Crippen LogP contribution in [0.5, 0.6) is 0 Å². The molecule has 0 unspecified atom stereocenters. The summed E-state index contributed by atoms with van der Waals surface area (Å²) in [6.45, 7) is 0.931. The van der Waals surface area contributed by atoms with Crippen LogP contribution >= 0.6 is 0 Å². The molecule has 150 valence electrons. The van der Waals surface area contributed by atoms with Gasteiger partial charge >= 0.3 is 6.18 Å². The molecule has 27 heavy (non-hydrogen) atoms. The Bertz CT molecular complexity index is 731. The summed E-state index contributed by atoms with van der Waals surface area (Å²) >= 11 is 0. The Hall–Kier alpha value is -2.10. The molecule has 1 aromatic heterocycles. The molecule has 0 aromatic carbocycles. The first kappa shape index (κ1) is 19.7. The van der Waals surface area contributed by atoms with Crippen molar-refractivity contribution in [3.05, 3.63) is 17.0 Å². The zero-order valence-corrected chi connectivity index (χ0v) is 15.5. The monoisotopic (exact) mass is 387 g/mol. The first-order chi connectivity index (χ1) is 12.7. The van der Waals surface area contributed by atoms with Crippen molar-refractivity contribution in [2.45, 2.75) is 44.4 Å². The predicted octanol–water partition coefficient (Wildman–Crippen LogP) is 0.669. The molecule has 1 atom stereocenters. The van der Waals surface area contributed by atoms with E-state index in [1.54, 1.807) is 7.05 Å². The summed E-state index contributed by atoms with van der Waals surface area (Å²) < 4.78 is 41.1. The van der Waals surface area contributed by atoms with Gasteiger partial charge in [-0.25, -0.2) is 0 Å². The van der Waals surface area contributed by atoms with Gasteiger partial charge in [0.1, 0.15) is 12.6 Å². The predicted molar refractivity (Wildman–Crippen MR) is 90.9 cm³/mol. The summed E-state index contributed by atoms with van der Waals surface area (Å²) in [5.74, 6) is -0.507. The SMILES string of the molecule is CNC(=O)[C@@H]1CN(C(=O)Cn2nc(C(F)(F)F)c3c2CCCC3)CCN1C. The summed E-state index contributed by atoms with van der Waals surface area (Å²) in [5, 5.41) is 6.31. The lowest BCUT2D eigenvalue weighted by molar-refractivity contribution is -0.143. The summed E-state index contributed by atoms with van der Waals surface area (Å²) in [5.41, 5.74) is -0.131. The molecule has 1 aromatic rings. The van der Waals surface area contributed by atoms with Crippen molar-refractivity contribution >= 4 is 11.8 Å². The fourth-order valence-electron chi connectivity index (χ4n) is 3.81. The van der Waals surface area contributed by atoms with Crippen LogP contribution in [0.3, 0.4) is 0 Å². The Morgan fingerprint density at radius 3 is 2.59 bits per heavy atom. The number of carbonyl (C=O) groups is 2. The number of alkyl halides is 3. The van der Waals surface area contributed by atoms with Crippen LogP contribution in [0.2, 0.25) is 0 Å². The minimum Gasteiger partial charge on any atom is -0.358 e. The molecule has 1 N–H and O–H groups in total. The average molecular weight is 387 g/mol. The number of nitrogens with one attached hydrogen (secondary N) is 1. The van der Waals surface area contributed by atoms with Crippen LogP contribution in [0.25, 0.3) is 0 Å². The van der Waals surface area contributed by atoms with Crippen LogP contribution in [-0.2, 0) is 35.2 Å². The number of nitrogens with zero attached hydrogens (tertiary/aromatic N) is 4. The highest BCUT2D eigenvalue weighted by molar-refractivity contribution is 5.83. The summed E-state index contributed by atoms with van der Waals surface area (Å²) in [6.07, 6.45) is -2.20. The Labute approximate surface area is 155 Å². The average Bonchev–Trinajstić information content (AvgIpc) is 3.00.